The van der Waals surface area contributed by atoms with Crippen molar-refractivity contribution in [2.24, 2.45) is 11.3 Å². The van der Waals surface area contributed by atoms with Gasteiger partial charge in [0.2, 0.25) is 0 Å². The smallest absolute Gasteiger partial charge is 0.0882 e. The Hall–Kier alpha value is -0.590. The van der Waals surface area contributed by atoms with Gasteiger partial charge in [-0.15, -0.1) is 0 Å². The van der Waals surface area contributed by atoms with Crippen LogP contribution in [0, 0.1) is 22.7 Å². The van der Waals surface area contributed by atoms with Crippen molar-refractivity contribution in [3.8, 4) is 6.07 Å². The highest BCUT2D eigenvalue weighted by atomic mass is 16.5. The average Bonchev–Trinajstić information content (AvgIpc) is 2.69. The van der Waals surface area contributed by atoms with E-state index in [1.54, 1.807) is 7.11 Å². The summed E-state index contributed by atoms with van der Waals surface area (Å²) in [4.78, 5) is 0. The summed E-state index contributed by atoms with van der Waals surface area (Å²) >= 11 is 0. The van der Waals surface area contributed by atoms with Crippen molar-refractivity contribution < 1.29 is 9.84 Å². The summed E-state index contributed by atoms with van der Waals surface area (Å²) in [7, 11) is 1.67. The summed E-state index contributed by atoms with van der Waals surface area (Å²) in [5.74, 6) is 0.616. The van der Waals surface area contributed by atoms with E-state index in [-0.39, 0.29) is 6.10 Å². The maximum absolute atomic E-state index is 10.6. The number of rotatable bonds is 3. The Morgan fingerprint density at radius 3 is 2.56 bits per heavy atom. The topological polar surface area (TPSA) is 53.2 Å². The van der Waals surface area contributed by atoms with Gasteiger partial charge in [-0.2, -0.15) is 5.26 Å². The maximum atomic E-state index is 10.6. The van der Waals surface area contributed by atoms with Gasteiger partial charge >= 0.3 is 0 Å². The van der Waals surface area contributed by atoms with E-state index in [4.69, 9.17) is 4.74 Å². The average molecular weight is 223 g/mol. The van der Waals surface area contributed by atoms with Crippen LogP contribution in [0.15, 0.2) is 0 Å². The SMILES string of the molecule is CCC1CCC(C#N)(C2(O)CC(OC)C2)C1. The Morgan fingerprint density at radius 1 is 1.44 bits per heavy atom. The zero-order valence-electron chi connectivity index (χ0n) is 10.2. The highest BCUT2D eigenvalue weighted by molar-refractivity contribution is 5.19. The van der Waals surface area contributed by atoms with Crippen LogP contribution in [0.2, 0.25) is 0 Å². The lowest BCUT2D eigenvalue weighted by atomic mass is 9.59. The van der Waals surface area contributed by atoms with Crippen molar-refractivity contribution in [1.29, 1.82) is 5.26 Å². The first-order chi connectivity index (χ1) is 7.59. The first-order valence-electron chi connectivity index (χ1n) is 6.25. The molecule has 2 rings (SSSR count). The third-order valence-electron chi connectivity index (χ3n) is 4.76. The second-order valence-electron chi connectivity index (χ2n) is 5.51. The molecule has 2 aliphatic rings. The van der Waals surface area contributed by atoms with Crippen molar-refractivity contribution in [2.75, 3.05) is 7.11 Å². The summed E-state index contributed by atoms with van der Waals surface area (Å²) in [5, 5.41) is 20.0. The number of nitriles is 1. The molecule has 0 bridgehead atoms. The van der Waals surface area contributed by atoms with E-state index in [9.17, 15) is 10.4 Å². The van der Waals surface area contributed by atoms with Crippen LogP contribution in [0.1, 0.15) is 45.4 Å². The van der Waals surface area contributed by atoms with Gasteiger partial charge in [0.05, 0.1) is 23.2 Å². The minimum absolute atomic E-state index is 0.149. The molecule has 0 amide bonds. The zero-order chi connectivity index (χ0) is 11.8. The van der Waals surface area contributed by atoms with Crippen molar-refractivity contribution in [3.05, 3.63) is 0 Å². The predicted octanol–water partition coefficient (Wildman–Crippen LogP) is 2.25. The molecule has 0 aromatic rings. The van der Waals surface area contributed by atoms with Crippen molar-refractivity contribution in [2.45, 2.75) is 57.2 Å². The molecule has 3 nitrogen and oxygen atoms in total. The molecule has 3 heteroatoms. The lowest BCUT2D eigenvalue weighted by Crippen LogP contribution is -2.58. The van der Waals surface area contributed by atoms with Gasteiger partial charge in [-0.05, 0) is 25.2 Å². The van der Waals surface area contributed by atoms with Gasteiger partial charge in [0, 0.05) is 20.0 Å². The molecule has 2 aliphatic carbocycles. The number of hydrogen-bond donors (Lipinski definition) is 1. The van der Waals surface area contributed by atoms with Crippen molar-refractivity contribution in [3.63, 3.8) is 0 Å². The predicted molar refractivity (Wildman–Crippen MR) is 60.7 cm³/mol. The fourth-order valence-corrected chi connectivity index (χ4v) is 3.38. The normalized spacial score (nSPS) is 47.4. The van der Waals surface area contributed by atoms with Crippen molar-refractivity contribution in [1.82, 2.24) is 0 Å². The summed E-state index contributed by atoms with van der Waals surface area (Å²) < 4.78 is 5.21. The van der Waals surface area contributed by atoms with E-state index < -0.39 is 11.0 Å². The molecule has 0 aromatic heterocycles. The van der Waals surface area contributed by atoms with E-state index in [2.05, 4.69) is 13.0 Å². The Morgan fingerprint density at radius 2 is 2.12 bits per heavy atom. The summed E-state index contributed by atoms with van der Waals surface area (Å²) in [6.45, 7) is 2.17. The standard InChI is InChI=1S/C13H21NO2/c1-3-10-4-5-12(6-10,9-14)13(15)7-11(8-13)16-2/h10-11,15H,3-8H2,1-2H3. The molecule has 0 saturated heterocycles. The summed E-state index contributed by atoms with van der Waals surface area (Å²) in [5.41, 5.74) is -1.28. The van der Waals surface area contributed by atoms with Crippen LogP contribution < -0.4 is 0 Å². The van der Waals surface area contributed by atoms with Crippen LogP contribution in [0.4, 0.5) is 0 Å². The molecule has 2 unspecified atom stereocenters. The number of methoxy groups -OCH3 is 1. The quantitative estimate of drug-likeness (QED) is 0.798. The highest BCUT2D eigenvalue weighted by Gasteiger charge is 2.60. The Labute approximate surface area is 97.4 Å². The van der Waals surface area contributed by atoms with E-state index >= 15 is 0 Å². The Kier molecular flexibility index (Phi) is 2.98. The number of ether oxygens (including phenoxy) is 1. The van der Waals surface area contributed by atoms with Crippen LogP contribution in [-0.2, 0) is 4.74 Å². The van der Waals surface area contributed by atoms with Crippen LogP contribution in [-0.4, -0.2) is 23.9 Å². The van der Waals surface area contributed by atoms with Crippen LogP contribution in [0.5, 0.6) is 0 Å². The minimum atomic E-state index is -0.785. The largest absolute Gasteiger partial charge is 0.388 e. The summed E-state index contributed by atoms with van der Waals surface area (Å²) in [6, 6.07) is 2.42. The number of aliphatic hydroxyl groups is 1. The van der Waals surface area contributed by atoms with Crippen molar-refractivity contribution >= 4 is 0 Å². The van der Waals surface area contributed by atoms with E-state index in [1.807, 2.05) is 0 Å². The molecule has 0 aromatic carbocycles. The fourth-order valence-electron chi connectivity index (χ4n) is 3.38. The first kappa shape index (κ1) is 11.9. The zero-order valence-corrected chi connectivity index (χ0v) is 10.2. The molecule has 2 fully saturated rings. The molecule has 0 heterocycles. The highest BCUT2D eigenvalue weighted by Crippen LogP contribution is 2.57. The van der Waals surface area contributed by atoms with Gasteiger partial charge in [0.1, 0.15) is 0 Å². The third-order valence-corrected chi connectivity index (χ3v) is 4.76. The van der Waals surface area contributed by atoms with E-state index in [0.717, 1.165) is 25.7 Å². The molecule has 2 atom stereocenters. The third kappa shape index (κ3) is 1.56. The van der Waals surface area contributed by atoms with Gasteiger partial charge in [0.15, 0.2) is 0 Å². The lowest BCUT2D eigenvalue weighted by Gasteiger charge is -2.51. The van der Waals surface area contributed by atoms with Gasteiger partial charge in [0.25, 0.3) is 0 Å². The fraction of sp³-hybridized carbons (Fsp3) is 0.923. The second kappa shape index (κ2) is 4.01. The molecule has 0 spiro atoms. The molecule has 2 saturated carbocycles. The van der Waals surface area contributed by atoms with Gasteiger partial charge < -0.3 is 9.84 Å². The molecular formula is C13H21NO2. The summed E-state index contributed by atoms with van der Waals surface area (Å²) in [6.07, 6.45) is 5.34. The first-order valence-corrected chi connectivity index (χ1v) is 6.25. The molecule has 0 aliphatic heterocycles. The Balaban J connectivity index is 2.10. The van der Waals surface area contributed by atoms with Crippen LogP contribution in [0.3, 0.4) is 0 Å². The van der Waals surface area contributed by atoms with Crippen LogP contribution in [0.25, 0.3) is 0 Å². The molecule has 1 N–H and O–H groups in total. The van der Waals surface area contributed by atoms with E-state index in [1.165, 1.54) is 0 Å². The number of hydrogen-bond acceptors (Lipinski definition) is 3. The number of nitrogens with zero attached hydrogens (tertiary/aromatic N) is 1. The van der Waals surface area contributed by atoms with Gasteiger partial charge in [-0.25, -0.2) is 0 Å². The monoisotopic (exact) mass is 223 g/mol. The van der Waals surface area contributed by atoms with Gasteiger partial charge in [-0.1, -0.05) is 13.3 Å². The minimum Gasteiger partial charge on any atom is -0.388 e. The Bertz CT molecular complexity index is 304. The van der Waals surface area contributed by atoms with E-state index in [0.29, 0.717) is 18.8 Å². The molecular weight excluding hydrogens is 202 g/mol. The molecule has 0 radical (unpaired) electrons. The van der Waals surface area contributed by atoms with Crippen LogP contribution >= 0.6 is 0 Å². The molecule has 90 valence electrons. The maximum Gasteiger partial charge on any atom is 0.0882 e. The lowest BCUT2D eigenvalue weighted by molar-refractivity contribution is -0.179. The molecule has 16 heavy (non-hydrogen) atoms. The second-order valence-corrected chi connectivity index (χ2v) is 5.51. The van der Waals surface area contributed by atoms with Gasteiger partial charge in [-0.3, -0.25) is 0 Å².